The highest BCUT2D eigenvalue weighted by Crippen LogP contribution is 2.16. The summed E-state index contributed by atoms with van der Waals surface area (Å²) in [5.41, 5.74) is -0.578. The molecule has 0 atom stereocenters. The second-order valence-electron chi connectivity index (χ2n) is 4.52. The summed E-state index contributed by atoms with van der Waals surface area (Å²) in [6.45, 7) is 3.71. The lowest BCUT2D eigenvalue weighted by Crippen LogP contribution is -2.36. The molecule has 1 rings (SSSR count). The van der Waals surface area contributed by atoms with Crippen molar-refractivity contribution >= 4 is 17.5 Å². The van der Waals surface area contributed by atoms with Crippen molar-refractivity contribution < 1.29 is 9.53 Å². The van der Waals surface area contributed by atoms with E-state index in [2.05, 4.69) is 11.4 Å². The average molecular weight is 267 g/mol. The van der Waals surface area contributed by atoms with Crippen LogP contribution in [0.3, 0.4) is 0 Å². The number of benzene rings is 1. The predicted molar refractivity (Wildman–Crippen MR) is 69.4 cm³/mol. The third kappa shape index (κ3) is 5.07. The molecule has 1 aromatic rings. The first-order chi connectivity index (χ1) is 8.43. The molecular formula is C13H15ClN2O2. The summed E-state index contributed by atoms with van der Waals surface area (Å²) in [7, 11) is 0. The van der Waals surface area contributed by atoms with Gasteiger partial charge in [0.05, 0.1) is 11.5 Å². The van der Waals surface area contributed by atoms with Crippen LogP contribution in [0.5, 0.6) is 5.75 Å². The maximum absolute atomic E-state index is 11.5. The van der Waals surface area contributed by atoms with E-state index >= 15 is 0 Å². The molecule has 0 aliphatic carbocycles. The van der Waals surface area contributed by atoms with Crippen molar-refractivity contribution in [2.24, 2.45) is 5.41 Å². The van der Waals surface area contributed by atoms with Crippen LogP contribution in [0.2, 0.25) is 5.02 Å². The molecule has 1 amide bonds. The molecule has 0 aliphatic heterocycles. The summed E-state index contributed by atoms with van der Waals surface area (Å²) in [4.78, 5) is 11.5. The Morgan fingerprint density at radius 3 is 2.89 bits per heavy atom. The first-order valence-electron chi connectivity index (χ1n) is 5.49. The van der Waals surface area contributed by atoms with Crippen LogP contribution in [-0.4, -0.2) is 19.1 Å². The molecule has 0 saturated carbocycles. The van der Waals surface area contributed by atoms with Gasteiger partial charge >= 0.3 is 0 Å². The number of ether oxygens (including phenoxy) is 1. The third-order valence-corrected chi connectivity index (χ3v) is 2.43. The van der Waals surface area contributed by atoms with Gasteiger partial charge in [-0.15, -0.1) is 0 Å². The van der Waals surface area contributed by atoms with Crippen LogP contribution >= 0.6 is 11.6 Å². The van der Waals surface area contributed by atoms with Crippen LogP contribution in [0.15, 0.2) is 24.3 Å². The number of halogens is 1. The van der Waals surface area contributed by atoms with Crippen LogP contribution in [0.1, 0.15) is 13.8 Å². The zero-order valence-corrected chi connectivity index (χ0v) is 11.1. The minimum Gasteiger partial charge on any atom is -0.484 e. The van der Waals surface area contributed by atoms with Gasteiger partial charge < -0.3 is 10.1 Å². The highest BCUT2D eigenvalue weighted by Gasteiger charge is 2.17. The van der Waals surface area contributed by atoms with E-state index < -0.39 is 5.41 Å². The highest BCUT2D eigenvalue weighted by molar-refractivity contribution is 6.30. The molecule has 0 saturated heterocycles. The number of nitrogens with one attached hydrogen (secondary N) is 1. The highest BCUT2D eigenvalue weighted by atomic mass is 35.5. The van der Waals surface area contributed by atoms with Gasteiger partial charge in [-0.25, -0.2) is 0 Å². The van der Waals surface area contributed by atoms with Gasteiger partial charge in [0.15, 0.2) is 6.61 Å². The maximum atomic E-state index is 11.5. The van der Waals surface area contributed by atoms with Crippen LogP contribution in [-0.2, 0) is 4.79 Å². The molecule has 96 valence electrons. The van der Waals surface area contributed by atoms with E-state index in [0.717, 1.165) is 0 Å². The van der Waals surface area contributed by atoms with E-state index in [-0.39, 0.29) is 12.5 Å². The van der Waals surface area contributed by atoms with Gasteiger partial charge in [0.2, 0.25) is 0 Å². The number of hydrogen-bond donors (Lipinski definition) is 1. The summed E-state index contributed by atoms with van der Waals surface area (Å²) in [6, 6.07) is 8.93. The number of hydrogen-bond acceptors (Lipinski definition) is 3. The zero-order chi connectivity index (χ0) is 13.6. The molecule has 0 spiro atoms. The van der Waals surface area contributed by atoms with Crippen molar-refractivity contribution in [3.63, 3.8) is 0 Å². The van der Waals surface area contributed by atoms with Gasteiger partial charge in [0.25, 0.3) is 5.91 Å². The van der Waals surface area contributed by atoms with Crippen molar-refractivity contribution in [3.8, 4) is 11.8 Å². The molecule has 5 heteroatoms. The fraction of sp³-hybridized carbons (Fsp3) is 0.385. The normalized spacial score (nSPS) is 10.6. The molecule has 1 N–H and O–H groups in total. The van der Waals surface area contributed by atoms with E-state index in [4.69, 9.17) is 21.6 Å². The Labute approximate surface area is 112 Å². The minimum atomic E-state index is -0.578. The van der Waals surface area contributed by atoms with Crippen molar-refractivity contribution in [2.75, 3.05) is 13.2 Å². The standard InChI is InChI=1S/C13H15ClN2O2/c1-13(2,8-15)9-16-12(17)7-18-11-5-3-4-10(14)6-11/h3-6H,7,9H2,1-2H3,(H,16,17). The van der Waals surface area contributed by atoms with Crippen LogP contribution in [0, 0.1) is 16.7 Å². The Kier molecular flexibility index (Phi) is 4.99. The zero-order valence-electron chi connectivity index (χ0n) is 10.4. The van der Waals surface area contributed by atoms with Gasteiger partial charge in [-0.2, -0.15) is 5.26 Å². The van der Waals surface area contributed by atoms with Crippen LogP contribution in [0.4, 0.5) is 0 Å². The molecule has 0 aliphatic rings. The molecule has 0 heterocycles. The smallest absolute Gasteiger partial charge is 0.257 e. The van der Waals surface area contributed by atoms with Gasteiger partial charge in [-0.1, -0.05) is 17.7 Å². The molecular weight excluding hydrogens is 252 g/mol. The average Bonchev–Trinajstić information content (AvgIpc) is 2.34. The second-order valence-corrected chi connectivity index (χ2v) is 4.95. The van der Waals surface area contributed by atoms with Gasteiger partial charge in [-0.3, -0.25) is 4.79 Å². The van der Waals surface area contributed by atoms with Crippen molar-refractivity contribution in [3.05, 3.63) is 29.3 Å². The third-order valence-electron chi connectivity index (χ3n) is 2.20. The van der Waals surface area contributed by atoms with Crippen molar-refractivity contribution in [1.29, 1.82) is 5.26 Å². The molecule has 18 heavy (non-hydrogen) atoms. The molecule has 0 bridgehead atoms. The first-order valence-corrected chi connectivity index (χ1v) is 5.87. The fourth-order valence-electron chi connectivity index (χ4n) is 1.12. The SMILES string of the molecule is CC(C)(C#N)CNC(=O)COc1cccc(Cl)c1. The Hall–Kier alpha value is -1.73. The molecule has 0 fully saturated rings. The number of nitrogens with zero attached hydrogens (tertiary/aromatic N) is 1. The van der Waals surface area contributed by atoms with E-state index in [1.165, 1.54) is 0 Å². The largest absolute Gasteiger partial charge is 0.484 e. The van der Waals surface area contributed by atoms with Crippen molar-refractivity contribution in [2.45, 2.75) is 13.8 Å². The Bertz CT molecular complexity index is 466. The number of carbonyl (C=O) groups excluding carboxylic acids is 1. The summed E-state index contributed by atoms with van der Waals surface area (Å²) in [5.74, 6) is 0.274. The Balaban J connectivity index is 2.36. The number of rotatable bonds is 5. The topological polar surface area (TPSA) is 62.1 Å². The number of nitriles is 1. The number of carbonyl (C=O) groups is 1. The summed E-state index contributed by atoms with van der Waals surface area (Å²) < 4.78 is 5.27. The van der Waals surface area contributed by atoms with Gasteiger partial charge in [-0.05, 0) is 32.0 Å². The van der Waals surface area contributed by atoms with E-state index in [9.17, 15) is 4.79 Å². The number of amides is 1. The molecule has 1 aromatic carbocycles. The lowest BCUT2D eigenvalue weighted by Gasteiger charge is -2.15. The quantitative estimate of drug-likeness (QED) is 0.890. The molecule has 0 aromatic heterocycles. The van der Waals surface area contributed by atoms with Crippen LogP contribution in [0.25, 0.3) is 0 Å². The maximum Gasteiger partial charge on any atom is 0.257 e. The van der Waals surface area contributed by atoms with E-state index in [1.54, 1.807) is 38.1 Å². The summed E-state index contributed by atoms with van der Waals surface area (Å²) in [5, 5.41) is 12.0. The molecule has 4 nitrogen and oxygen atoms in total. The second kappa shape index (κ2) is 6.27. The summed E-state index contributed by atoms with van der Waals surface area (Å²) >= 11 is 5.78. The van der Waals surface area contributed by atoms with Gasteiger partial charge in [0.1, 0.15) is 5.75 Å². The molecule has 0 radical (unpaired) electrons. The lowest BCUT2D eigenvalue weighted by molar-refractivity contribution is -0.123. The van der Waals surface area contributed by atoms with E-state index in [0.29, 0.717) is 17.3 Å². The predicted octanol–water partition coefficient (Wildman–Crippen LogP) is 2.38. The minimum absolute atomic E-state index is 0.0954. The van der Waals surface area contributed by atoms with E-state index in [1.807, 2.05) is 0 Å². The lowest BCUT2D eigenvalue weighted by atomic mass is 9.96. The fourth-order valence-corrected chi connectivity index (χ4v) is 1.30. The Morgan fingerprint density at radius 2 is 2.28 bits per heavy atom. The van der Waals surface area contributed by atoms with Crippen LogP contribution < -0.4 is 10.1 Å². The first kappa shape index (κ1) is 14.3. The van der Waals surface area contributed by atoms with Crippen molar-refractivity contribution in [1.82, 2.24) is 5.32 Å². The monoisotopic (exact) mass is 266 g/mol. The van der Waals surface area contributed by atoms with Gasteiger partial charge in [0, 0.05) is 11.6 Å². The molecule has 0 unspecified atom stereocenters. The summed E-state index contributed by atoms with van der Waals surface area (Å²) in [6.07, 6.45) is 0. The Morgan fingerprint density at radius 1 is 1.56 bits per heavy atom.